The Morgan fingerprint density at radius 3 is 2.52 bits per heavy atom. The Kier molecular flexibility index (Phi) is 5.54. The molecule has 0 radical (unpaired) electrons. The van der Waals surface area contributed by atoms with Gasteiger partial charge in [0.15, 0.2) is 0 Å². The van der Waals surface area contributed by atoms with Crippen LogP contribution >= 0.6 is 0 Å². The second-order valence-corrected chi connectivity index (χ2v) is 8.04. The van der Waals surface area contributed by atoms with Gasteiger partial charge in [-0.15, -0.1) is 0 Å². The molecule has 1 fully saturated rings. The van der Waals surface area contributed by atoms with Crippen LogP contribution in [0, 0.1) is 17.5 Å². The number of fused-ring (bicyclic) bond motifs is 1. The van der Waals surface area contributed by atoms with E-state index in [-0.39, 0.29) is 11.7 Å². The Morgan fingerprint density at radius 1 is 1.03 bits per heavy atom. The van der Waals surface area contributed by atoms with Gasteiger partial charge in [-0.2, -0.15) is 0 Å². The van der Waals surface area contributed by atoms with E-state index in [0.717, 1.165) is 68.3 Å². The second kappa shape index (κ2) is 8.11. The number of halogens is 3. The summed E-state index contributed by atoms with van der Waals surface area (Å²) in [4.78, 5) is 4.41. The van der Waals surface area contributed by atoms with Crippen molar-refractivity contribution in [1.82, 2.24) is 4.90 Å². The van der Waals surface area contributed by atoms with Crippen molar-refractivity contribution in [3.8, 4) is 0 Å². The Balaban J connectivity index is 1.40. The molecule has 6 heteroatoms. The SMILES string of the molecule is C=C(CN1CCC(c2ccc(F)cc2F)CC1)N1CCCc2cc(F)cc(N)c21. The van der Waals surface area contributed by atoms with E-state index in [0.29, 0.717) is 17.8 Å². The zero-order chi connectivity index (χ0) is 20.5. The number of hydrogen-bond acceptors (Lipinski definition) is 3. The number of nitrogen functional groups attached to an aromatic ring is 1. The molecule has 4 rings (SSSR count). The summed E-state index contributed by atoms with van der Waals surface area (Å²) in [6.45, 7) is 7.42. The summed E-state index contributed by atoms with van der Waals surface area (Å²) in [5.41, 5.74) is 9.92. The Bertz CT molecular complexity index is 920. The van der Waals surface area contributed by atoms with Crippen molar-refractivity contribution >= 4 is 11.4 Å². The first-order valence-corrected chi connectivity index (χ1v) is 10.1. The maximum atomic E-state index is 14.1. The highest BCUT2D eigenvalue weighted by Gasteiger charge is 2.26. The van der Waals surface area contributed by atoms with Crippen molar-refractivity contribution < 1.29 is 13.2 Å². The van der Waals surface area contributed by atoms with Gasteiger partial charge >= 0.3 is 0 Å². The number of anilines is 2. The molecular formula is C23H26F3N3. The van der Waals surface area contributed by atoms with Gasteiger partial charge in [-0.3, -0.25) is 4.90 Å². The summed E-state index contributed by atoms with van der Waals surface area (Å²) < 4.78 is 40.9. The zero-order valence-corrected chi connectivity index (χ0v) is 16.4. The lowest BCUT2D eigenvalue weighted by Gasteiger charge is -2.38. The Morgan fingerprint density at radius 2 is 1.79 bits per heavy atom. The van der Waals surface area contributed by atoms with Gasteiger partial charge in [0.2, 0.25) is 0 Å². The summed E-state index contributed by atoms with van der Waals surface area (Å²) >= 11 is 0. The van der Waals surface area contributed by atoms with Crippen LogP contribution in [0.4, 0.5) is 24.5 Å². The van der Waals surface area contributed by atoms with Gasteiger partial charge < -0.3 is 10.6 Å². The normalized spacial score (nSPS) is 18.0. The highest BCUT2D eigenvalue weighted by molar-refractivity contribution is 5.75. The summed E-state index contributed by atoms with van der Waals surface area (Å²) in [6.07, 6.45) is 3.38. The van der Waals surface area contributed by atoms with Crippen molar-refractivity contribution in [1.29, 1.82) is 0 Å². The van der Waals surface area contributed by atoms with Gasteiger partial charge in [0.05, 0.1) is 11.4 Å². The van der Waals surface area contributed by atoms with E-state index in [1.54, 1.807) is 12.1 Å². The maximum absolute atomic E-state index is 14.1. The van der Waals surface area contributed by atoms with E-state index in [1.165, 1.54) is 12.1 Å². The fourth-order valence-electron chi connectivity index (χ4n) is 4.63. The third kappa shape index (κ3) is 4.13. The molecule has 29 heavy (non-hydrogen) atoms. The van der Waals surface area contributed by atoms with Crippen molar-refractivity contribution in [2.75, 3.05) is 36.8 Å². The molecule has 0 amide bonds. The smallest absolute Gasteiger partial charge is 0.129 e. The van der Waals surface area contributed by atoms with Crippen LogP contribution in [0.3, 0.4) is 0 Å². The molecule has 2 aliphatic rings. The monoisotopic (exact) mass is 401 g/mol. The molecule has 1 saturated heterocycles. The van der Waals surface area contributed by atoms with Crippen LogP contribution in [0.25, 0.3) is 0 Å². The molecule has 0 aliphatic carbocycles. The molecule has 2 N–H and O–H groups in total. The van der Waals surface area contributed by atoms with Crippen LogP contribution < -0.4 is 10.6 Å². The van der Waals surface area contributed by atoms with Crippen LogP contribution in [0.2, 0.25) is 0 Å². The Hall–Kier alpha value is -2.47. The minimum atomic E-state index is -0.541. The highest BCUT2D eigenvalue weighted by Crippen LogP contribution is 2.36. The molecule has 0 bridgehead atoms. The topological polar surface area (TPSA) is 32.5 Å². The maximum Gasteiger partial charge on any atom is 0.129 e. The molecule has 0 aromatic heterocycles. The minimum absolute atomic E-state index is 0.106. The van der Waals surface area contributed by atoms with E-state index in [1.807, 2.05) is 0 Å². The van der Waals surface area contributed by atoms with Gasteiger partial charge in [-0.25, -0.2) is 13.2 Å². The lowest BCUT2D eigenvalue weighted by atomic mass is 9.89. The van der Waals surface area contributed by atoms with E-state index in [4.69, 9.17) is 5.73 Å². The molecule has 2 aliphatic heterocycles. The summed E-state index contributed by atoms with van der Waals surface area (Å²) in [5.74, 6) is -1.19. The summed E-state index contributed by atoms with van der Waals surface area (Å²) in [6, 6.07) is 6.79. The fourth-order valence-corrected chi connectivity index (χ4v) is 4.63. The number of aryl methyl sites for hydroxylation is 1. The molecule has 3 nitrogen and oxygen atoms in total. The van der Waals surface area contributed by atoms with Crippen LogP contribution in [0.1, 0.15) is 36.3 Å². The van der Waals surface area contributed by atoms with Crippen LogP contribution in [-0.4, -0.2) is 31.1 Å². The van der Waals surface area contributed by atoms with Crippen LogP contribution in [-0.2, 0) is 6.42 Å². The largest absolute Gasteiger partial charge is 0.397 e. The molecule has 0 unspecified atom stereocenters. The first kappa shape index (κ1) is 19.8. The quantitative estimate of drug-likeness (QED) is 0.745. The van der Waals surface area contributed by atoms with Gasteiger partial charge in [0.1, 0.15) is 17.5 Å². The lowest BCUT2D eigenvalue weighted by molar-refractivity contribution is 0.225. The van der Waals surface area contributed by atoms with Crippen molar-refractivity contribution in [3.05, 3.63) is 71.2 Å². The number of likely N-dealkylation sites (tertiary alicyclic amines) is 1. The summed E-state index contributed by atoms with van der Waals surface area (Å²) in [7, 11) is 0. The minimum Gasteiger partial charge on any atom is -0.397 e. The number of hydrogen-bond donors (Lipinski definition) is 1. The van der Waals surface area contributed by atoms with E-state index >= 15 is 0 Å². The fraction of sp³-hybridized carbons (Fsp3) is 0.391. The van der Waals surface area contributed by atoms with E-state index in [9.17, 15) is 13.2 Å². The van der Waals surface area contributed by atoms with E-state index < -0.39 is 11.6 Å². The van der Waals surface area contributed by atoms with Crippen LogP contribution in [0.5, 0.6) is 0 Å². The predicted molar refractivity (Wildman–Crippen MR) is 110 cm³/mol. The van der Waals surface area contributed by atoms with E-state index in [2.05, 4.69) is 16.4 Å². The second-order valence-electron chi connectivity index (χ2n) is 8.04. The molecule has 2 aromatic rings. The number of rotatable bonds is 4. The van der Waals surface area contributed by atoms with Crippen molar-refractivity contribution in [3.63, 3.8) is 0 Å². The average Bonchev–Trinajstić information content (AvgIpc) is 2.68. The highest BCUT2D eigenvalue weighted by atomic mass is 19.1. The third-order valence-corrected chi connectivity index (χ3v) is 6.06. The predicted octanol–water partition coefficient (Wildman–Crippen LogP) is 4.83. The standard InChI is InChI=1S/C23H26F3N3/c1-15(29-8-2-3-17-11-19(25)13-22(27)23(17)29)14-28-9-6-16(7-10-28)20-5-4-18(24)12-21(20)26/h4-5,11-13,16H,1-3,6-10,14,27H2. The first-order chi connectivity index (χ1) is 13.9. The molecular weight excluding hydrogens is 375 g/mol. The van der Waals surface area contributed by atoms with Gasteiger partial charge in [0, 0.05) is 24.9 Å². The number of nitrogens with zero attached hydrogens (tertiary/aromatic N) is 2. The average molecular weight is 401 g/mol. The number of nitrogens with two attached hydrogens (primary N) is 1. The van der Waals surface area contributed by atoms with Crippen LogP contribution in [0.15, 0.2) is 42.6 Å². The first-order valence-electron chi connectivity index (χ1n) is 10.1. The van der Waals surface area contributed by atoms with Gasteiger partial charge in [0.25, 0.3) is 0 Å². The third-order valence-electron chi connectivity index (χ3n) is 6.06. The van der Waals surface area contributed by atoms with Gasteiger partial charge in [-0.1, -0.05) is 12.6 Å². The molecule has 2 heterocycles. The number of piperidine rings is 1. The summed E-state index contributed by atoms with van der Waals surface area (Å²) in [5, 5.41) is 0. The van der Waals surface area contributed by atoms with Crippen molar-refractivity contribution in [2.24, 2.45) is 0 Å². The van der Waals surface area contributed by atoms with Crippen molar-refractivity contribution in [2.45, 2.75) is 31.6 Å². The molecule has 2 aromatic carbocycles. The molecule has 154 valence electrons. The van der Waals surface area contributed by atoms with Gasteiger partial charge in [-0.05, 0) is 74.0 Å². The number of benzene rings is 2. The lowest BCUT2D eigenvalue weighted by Crippen LogP contribution is -2.39. The zero-order valence-electron chi connectivity index (χ0n) is 16.4. The molecule has 0 saturated carbocycles. The molecule has 0 atom stereocenters. The Labute approximate surface area is 169 Å². The molecule has 0 spiro atoms.